The summed E-state index contributed by atoms with van der Waals surface area (Å²) in [4.78, 5) is 0. The maximum absolute atomic E-state index is 2.46. The fraction of sp³-hybridized carbons (Fsp3) is 0.412. The van der Waals surface area contributed by atoms with Crippen molar-refractivity contribution in [3.8, 4) is 0 Å². The lowest BCUT2D eigenvalue weighted by Gasteiger charge is -2.51. The topological polar surface area (TPSA) is 0 Å². The molecule has 0 radical (unpaired) electrons. The van der Waals surface area contributed by atoms with Crippen LogP contribution in [-0.2, 0) is 12.3 Å². The molecule has 0 nitrogen and oxygen atoms in total. The molecule has 4 aromatic rings. The maximum Gasteiger partial charge on any atom is 0.0133 e. The Balaban J connectivity index is 1.56. The molecule has 0 saturated carbocycles. The van der Waals surface area contributed by atoms with E-state index < -0.39 is 0 Å². The average Bonchev–Trinajstić information content (AvgIpc) is 3.19. The van der Waals surface area contributed by atoms with Gasteiger partial charge in [0.25, 0.3) is 0 Å². The van der Waals surface area contributed by atoms with E-state index in [4.69, 9.17) is 0 Å². The van der Waals surface area contributed by atoms with Crippen LogP contribution in [0.5, 0.6) is 0 Å². The van der Waals surface area contributed by atoms with Gasteiger partial charge in [0.1, 0.15) is 0 Å². The van der Waals surface area contributed by atoms with Crippen molar-refractivity contribution in [1.82, 2.24) is 0 Å². The van der Waals surface area contributed by atoms with E-state index in [1.807, 2.05) is 0 Å². The van der Waals surface area contributed by atoms with Crippen molar-refractivity contribution in [3.05, 3.63) is 114 Å². The molecule has 2 aromatic carbocycles. The van der Waals surface area contributed by atoms with Crippen molar-refractivity contribution >= 4 is 15.1 Å². The molecule has 0 spiro atoms. The number of rotatable bonds is 4. The third kappa shape index (κ3) is 3.34. The zero-order valence-corrected chi connectivity index (χ0v) is 25.0. The Morgan fingerprint density at radius 3 is 0.944 bits per heavy atom. The highest BCUT2D eigenvalue weighted by Gasteiger charge is 2.49. The van der Waals surface area contributed by atoms with E-state index in [0.29, 0.717) is 23.7 Å². The monoisotopic (exact) mass is 510 g/mol. The van der Waals surface area contributed by atoms with E-state index in [9.17, 15) is 0 Å². The van der Waals surface area contributed by atoms with Gasteiger partial charge in [0.15, 0.2) is 0 Å². The van der Waals surface area contributed by atoms with Gasteiger partial charge < -0.3 is 0 Å². The van der Waals surface area contributed by atoms with Crippen molar-refractivity contribution in [2.24, 2.45) is 11.8 Å². The maximum atomic E-state index is 2.46. The van der Waals surface area contributed by atoms with Gasteiger partial charge in [0, 0.05) is 11.8 Å². The second-order valence-electron chi connectivity index (χ2n) is 11.6. The minimum Gasteiger partial charge on any atom is -0.118 e. The largest absolute Gasteiger partial charge is 0.118 e. The third-order valence-corrected chi connectivity index (χ3v) is 16.6. The zero-order valence-electron chi connectivity index (χ0n) is 23.2. The summed E-state index contributed by atoms with van der Waals surface area (Å²) in [7, 11) is -0.403. The predicted octanol–water partition coefficient (Wildman–Crippen LogP) is 10.4. The van der Waals surface area contributed by atoms with E-state index in [1.54, 1.807) is 65.7 Å². The lowest BCUT2D eigenvalue weighted by atomic mass is 9.55. The first-order valence-electron chi connectivity index (χ1n) is 13.7. The Kier molecular flexibility index (Phi) is 5.94. The summed E-state index contributed by atoms with van der Waals surface area (Å²) >= 11 is 0. The van der Waals surface area contributed by atoms with Gasteiger partial charge >= 0.3 is 0 Å². The first-order chi connectivity index (χ1) is 17.2. The summed E-state index contributed by atoms with van der Waals surface area (Å²) in [6.45, 7) is 19.2. The highest BCUT2D eigenvalue weighted by molar-refractivity contribution is 7.51. The summed E-state index contributed by atoms with van der Waals surface area (Å²) < 4.78 is 0. The molecule has 0 unspecified atom stereocenters. The summed E-state index contributed by atoms with van der Waals surface area (Å²) in [5.74, 6) is 2.48. The van der Waals surface area contributed by atoms with E-state index >= 15 is 0 Å². The minimum absolute atomic E-state index is 0.201. The van der Waals surface area contributed by atoms with Gasteiger partial charge in [0.2, 0.25) is 0 Å². The Morgan fingerprint density at radius 1 is 0.444 bits per heavy atom. The van der Waals surface area contributed by atoms with Crippen molar-refractivity contribution in [2.75, 3.05) is 0 Å². The second kappa shape index (κ2) is 8.79. The van der Waals surface area contributed by atoms with Gasteiger partial charge in [-0.1, -0.05) is 48.5 Å². The van der Waals surface area contributed by atoms with E-state index in [2.05, 4.69) is 104 Å². The molecule has 3 aliphatic carbocycles. The molecule has 0 amide bonds. The molecule has 0 saturated heterocycles. The van der Waals surface area contributed by atoms with Crippen LogP contribution in [0.2, 0.25) is 0 Å². The summed E-state index contributed by atoms with van der Waals surface area (Å²) in [6, 6.07) is 19.0. The first-order valence-corrected chi connectivity index (χ1v) is 16.7. The molecule has 0 fully saturated rings. The van der Waals surface area contributed by atoms with E-state index in [-0.39, 0.29) is 15.1 Å². The fourth-order valence-electron chi connectivity index (χ4n) is 7.76. The van der Waals surface area contributed by atoms with Crippen LogP contribution < -0.4 is 0 Å². The Labute approximate surface area is 220 Å². The quantitative estimate of drug-likeness (QED) is 0.256. The minimum atomic E-state index is -0.201. The molecule has 2 aromatic heterocycles. The standard InChI is InChI=1S/C34H40P2/c1-19-20(2)24(6)35(23(19)5)17-31-32(18-36-25(7)21(3)22(4)26(36)8)34-29-15-11-9-13-27(29)33(31)28-14-10-12-16-30(28)34/h9-16,31-34H,17-18H2,1-8H3/t31-,32+,33?,34?. The molecule has 186 valence electrons. The number of benzene rings is 2. The molecule has 2 bridgehead atoms. The molecule has 2 atom stereocenters. The number of fused-ring (bicyclic) bond motifs is 1. The van der Waals surface area contributed by atoms with Crippen LogP contribution >= 0.6 is 15.1 Å². The molecule has 7 rings (SSSR count). The normalized spacial score (nSPS) is 22.1. The summed E-state index contributed by atoms with van der Waals surface area (Å²) in [5.41, 5.74) is 12.8. The lowest BCUT2D eigenvalue weighted by molar-refractivity contribution is 0.251. The van der Waals surface area contributed by atoms with Crippen molar-refractivity contribution in [1.29, 1.82) is 0 Å². The van der Waals surface area contributed by atoms with Crippen LogP contribution in [0.15, 0.2) is 48.5 Å². The Morgan fingerprint density at radius 2 is 0.694 bits per heavy atom. The van der Waals surface area contributed by atoms with Crippen LogP contribution in [0.25, 0.3) is 0 Å². The summed E-state index contributed by atoms with van der Waals surface area (Å²) in [5, 5.41) is 6.75. The third-order valence-electron chi connectivity index (χ3n) is 10.4. The van der Waals surface area contributed by atoms with E-state index in [0.717, 1.165) is 0 Å². The van der Waals surface area contributed by atoms with Gasteiger partial charge in [-0.2, -0.15) is 0 Å². The Hall–Kier alpha value is -2.00. The number of hydrogen-bond acceptors (Lipinski definition) is 0. The van der Waals surface area contributed by atoms with Gasteiger partial charge in [0.05, 0.1) is 0 Å². The van der Waals surface area contributed by atoms with Gasteiger partial charge in [-0.15, -0.1) is 15.1 Å². The predicted molar refractivity (Wildman–Crippen MR) is 160 cm³/mol. The van der Waals surface area contributed by atoms with E-state index in [1.165, 1.54) is 12.3 Å². The van der Waals surface area contributed by atoms with Crippen LogP contribution in [-0.4, -0.2) is 0 Å². The highest BCUT2D eigenvalue weighted by atomic mass is 31.1. The molecule has 3 aliphatic rings. The van der Waals surface area contributed by atoms with Gasteiger partial charge in [-0.25, -0.2) is 0 Å². The average molecular weight is 511 g/mol. The van der Waals surface area contributed by atoms with Crippen molar-refractivity contribution in [3.63, 3.8) is 0 Å². The molecule has 2 heteroatoms. The van der Waals surface area contributed by atoms with Crippen LogP contribution in [0, 0.1) is 67.2 Å². The molecule has 2 heterocycles. The zero-order chi connectivity index (χ0) is 25.5. The van der Waals surface area contributed by atoms with Crippen molar-refractivity contribution < 1.29 is 0 Å². The van der Waals surface area contributed by atoms with Crippen molar-refractivity contribution in [2.45, 2.75) is 79.5 Å². The molecule has 0 aliphatic heterocycles. The van der Waals surface area contributed by atoms with Crippen LogP contribution in [0.4, 0.5) is 0 Å². The smallest absolute Gasteiger partial charge is 0.0133 e. The molecule has 36 heavy (non-hydrogen) atoms. The lowest BCUT2D eigenvalue weighted by Crippen LogP contribution is -2.40. The van der Waals surface area contributed by atoms with Crippen LogP contribution in [0.1, 0.15) is 77.5 Å². The SMILES string of the molecule is Cc1c(C)c(C)p(C[C@@H]2C3c4ccccc4C(c4ccccc43)[C@@H]2Cp2c(C)c(C)c(C)c2C)c1C. The second-order valence-corrected chi connectivity index (χ2v) is 16.7. The molecule has 0 N–H and O–H groups in total. The first kappa shape index (κ1) is 24.3. The number of hydrogen-bond donors (Lipinski definition) is 0. The Bertz CT molecular complexity index is 1280. The fourth-order valence-corrected chi connectivity index (χ4v) is 14.0. The molecular formula is C34H40P2. The van der Waals surface area contributed by atoms with Crippen LogP contribution in [0.3, 0.4) is 0 Å². The summed E-state index contributed by atoms with van der Waals surface area (Å²) in [6.07, 6.45) is 2.70. The van der Waals surface area contributed by atoms with Gasteiger partial charge in [-0.05, 0) is 145 Å². The highest BCUT2D eigenvalue weighted by Crippen LogP contribution is 2.64. The van der Waals surface area contributed by atoms with Gasteiger partial charge in [-0.3, -0.25) is 0 Å². The molecular weight excluding hydrogens is 470 g/mol.